The van der Waals surface area contributed by atoms with Crippen LogP contribution in [0.1, 0.15) is 60.3 Å². The van der Waals surface area contributed by atoms with Crippen molar-refractivity contribution in [3.8, 4) is 0 Å². The third-order valence-electron chi connectivity index (χ3n) is 6.00. The minimum Gasteiger partial charge on any atom is -0.444 e. The molecule has 0 bridgehead atoms. The van der Waals surface area contributed by atoms with Crippen LogP contribution in [0, 0.1) is 11.8 Å². The van der Waals surface area contributed by atoms with Crippen molar-refractivity contribution < 1.29 is 14.3 Å². The van der Waals surface area contributed by atoms with Gasteiger partial charge < -0.3 is 15.4 Å². The number of rotatable bonds is 6. The summed E-state index contributed by atoms with van der Waals surface area (Å²) >= 11 is 1.69. The summed E-state index contributed by atoms with van der Waals surface area (Å²) in [7, 11) is 2.17. The van der Waals surface area contributed by atoms with E-state index in [4.69, 9.17) is 10.5 Å². The van der Waals surface area contributed by atoms with Gasteiger partial charge in [-0.05, 0) is 83.7 Å². The number of Topliss-reactive ketones (excluding diaryl/α,β-unsaturated/α-hetero) is 1. The van der Waals surface area contributed by atoms with Gasteiger partial charge in [-0.3, -0.25) is 9.69 Å². The summed E-state index contributed by atoms with van der Waals surface area (Å²) in [5.41, 5.74) is 5.69. The highest BCUT2D eigenvalue weighted by atomic mass is 32.2. The molecule has 7 heteroatoms. The van der Waals surface area contributed by atoms with Crippen LogP contribution in [0.5, 0.6) is 0 Å². The summed E-state index contributed by atoms with van der Waals surface area (Å²) in [6.45, 7) is 12.6. The van der Waals surface area contributed by atoms with E-state index in [1.807, 2.05) is 20.8 Å². The Bertz CT molecular complexity index is 556. The van der Waals surface area contributed by atoms with E-state index >= 15 is 0 Å². The van der Waals surface area contributed by atoms with Crippen LogP contribution in [0.3, 0.4) is 0 Å². The molecule has 2 unspecified atom stereocenters. The highest BCUT2D eigenvalue weighted by Gasteiger charge is 2.42. The molecule has 2 aliphatic heterocycles. The van der Waals surface area contributed by atoms with Crippen molar-refractivity contribution in [1.29, 1.82) is 0 Å². The lowest BCUT2D eigenvalue weighted by Gasteiger charge is -2.43. The van der Waals surface area contributed by atoms with E-state index in [-0.39, 0.29) is 11.9 Å². The number of piperidine rings is 2. The van der Waals surface area contributed by atoms with Gasteiger partial charge in [-0.15, -0.1) is 0 Å². The second kappa shape index (κ2) is 10.5. The zero-order valence-electron chi connectivity index (χ0n) is 19.1. The molecular weight excluding hydrogens is 386 g/mol. The van der Waals surface area contributed by atoms with Crippen LogP contribution in [0.15, 0.2) is 0 Å². The highest BCUT2D eigenvalue weighted by molar-refractivity contribution is 7.99. The molecule has 0 spiro atoms. The standard InChI is InChI=1S/C22H41N3O3S/c1-15(2)29-14-18(23)20(26)19-13-17(16-7-10-24(6)11-8-16)9-12-25(19)21(27)28-22(3,4)5/h15-19H,7-14,23H2,1-6H3/t17?,18-,19?/m1/s1. The summed E-state index contributed by atoms with van der Waals surface area (Å²) in [5, 5.41) is 0.425. The van der Waals surface area contributed by atoms with Crippen LogP contribution in [-0.2, 0) is 9.53 Å². The van der Waals surface area contributed by atoms with Gasteiger partial charge >= 0.3 is 6.09 Å². The van der Waals surface area contributed by atoms with Gasteiger partial charge in [0.2, 0.25) is 0 Å². The summed E-state index contributed by atoms with van der Waals surface area (Å²) in [4.78, 5) is 30.1. The number of hydrogen-bond acceptors (Lipinski definition) is 6. The van der Waals surface area contributed by atoms with Gasteiger partial charge in [0.1, 0.15) is 5.60 Å². The smallest absolute Gasteiger partial charge is 0.410 e. The lowest BCUT2D eigenvalue weighted by Crippen LogP contribution is -2.56. The number of amides is 1. The Morgan fingerprint density at radius 2 is 1.69 bits per heavy atom. The number of nitrogens with two attached hydrogens (primary N) is 1. The van der Waals surface area contributed by atoms with E-state index in [9.17, 15) is 9.59 Å². The zero-order chi connectivity index (χ0) is 21.8. The number of ketones is 1. The monoisotopic (exact) mass is 427 g/mol. The van der Waals surface area contributed by atoms with Crippen molar-refractivity contribution in [3.05, 3.63) is 0 Å². The van der Waals surface area contributed by atoms with Crippen molar-refractivity contribution >= 4 is 23.6 Å². The Labute approximate surface area is 181 Å². The van der Waals surface area contributed by atoms with Crippen molar-refractivity contribution in [2.75, 3.05) is 32.4 Å². The lowest BCUT2D eigenvalue weighted by molar-refractivity contribution is -0.127. The van der Waals surface area contributed by atoms with Crippen molar-refractivity contribution in [3.63, 3.8) is 0 Å². The highest BCUT2D eigenvalue weighted by Crippen LogP contribution is 2.36. The molecule has 0 aromatic rings. The average Bonchev–Trinajstić information content (AvgIpc) is 2.64. The Morgan fingerprint density at radius 3 is 2.24 bits per heavy atom. The maximum absolute atomic E-state index is 13.3. The molecule has 0 aliphatic carbocycles. The number of likely N-dealkylation sites (tertiary alicyclic amines) is 2. The van der Waals surface area contributed by atoms with Gasteiger partial charge in [-0.2, -0.15) is 11.8 Å². The zero-order valence-corrected chi connectivity index (χ0v) is 20.0. The minimum atomic E-state index is -0.578. The van der Waals surface area contributed by atoms with E-state index in [1.54, 1.807) is 16.7 Å². The first kappa shape index (κ1) is 24.5. The normalized spacial score (nSPS) is 25.9. The van der Waals surface area contributed by atoms with Crippen LogP contribution in [0.25, 0.3) is 0 Å². The number of ether oxygens (including phenoxy) is 1. The average molecular weight is 428 g/mol. The summed E-state index contributed by atoms with van der Waals surface area (Å²) in [6, 6.07) is -1.01. The van der Waals surface area contributed by atoms with Crippen LogP contribution < -0.4 is 5.73 Å². The molecule has 2 saturated heterocycles. The number of carbonyl (C=O) groups excluding carboxylic acids is 2. The molecule has 2 rings (SSSR count). The van der Waals surface area contributed by atoms with Crippen molar-refractivity contribution in [1.82, 2.24) is 9.80 Å². The molecular formula is C22H41N3O3S. The fraction of sp³-hybridized carbons (Fsp3) is 0.909. The second-order valence-electron chi connectivity index (χ2n) is 10.0. The molecule has 29 heavy (non-hydrogen) atoms. The fourth-order valence-electron chi connectivity index (χ4n) is 4.35. The predicted molar refractivity (Wildman–Crippen MR) is 120 cm³/mol. The first-order valence-electron chi connectivity index (χ1n) is 11.1. The third kappa shape index (κ3) is 7.44. The number of carbonyl (C=O) groups is 2. The number of thioether (sulfide) groups is 1. The molecule has 2 aliphatic rings. The Morgan fingerprint density at radius 1 is 1.10 bits per heavy atom. The van der Waals surface area contributed by atoms with Crippen molar-refractivity contribution in [2.45, 2.75) is 83.2 Å². The topological polar surface area (TPSA) is 75.9 Å². The third-order valence-corrected chi connectivity index (χ3v) is 7.22. The Balaban J connectivity index is 2.12. The van der Waals surface area contributed by atoms with Crippen LogP contribution >= 0.6 is 11.8 Å². The molecule has 0 aromatic heterocycles. The van der Waals surface area contributed by atoms with E-state index in [2.05, 4.69) is 25.8 Å². The maximum atomic E-state index is 13.3. The summed E-state index contributed by atoms with van der Waals surface area (Å²) in [5.74, 6) is 1.68. The van der Waals surface area contributed by atoms with E-state index < -0.39 is 17.7 Å². The van der Waals surface area contributed by atoms with E-state index in [0.717, 1.165) is 19.5 Å². The van der Waals surface area contributed by atoms with Gasteiger partial charge in [0.05, 0.1) is 12.1 Å². The molecule has 168 valence electrons. The number of nitrogens with zero attached hydrogens (tertiary/aromatic N) is 2. The largest absolute Gasteiger partial charge is 0.444 e. The SMILES string of the molecule is CC(C)SC[C@@H](N)C(=O)C1CC(C2CCN(C)CC2)CCN1C(=O)OC(C)(C)C. The van der Waals surface area contributed by atoms with Crippen LogP contribution in [0.4, 0.5) is 4.79 Å². The van der Waals surface area contributed by atoms with Gasteiger partial charge in [0, 0.05) is 12.3 Å². The first-order valence-corrected chi connectivity index (χ1v) is 12.1. The molecule has 2 fully saturated rings. The summed E-state index contributed by atoms with van der Waals surface area (Å²) < 4.78 is 5.61. The van der Waals surface area contributed by atoms with Crippen LogP contribution in [-0.4, -0.2) is 77.0 Å². The first-order chi connectivity index (χ1) is 13.5. The Hall–Kier alpha value is -0.790. The Kier molecular flexibility index (Phi) is 8.86. The molecule has 6 nitrogen and oxygen atoms in total. The second-order valence-corrected chi connectivity index (χ2v) is 11.6. The van der Waals surface area contributed by atoms with Gasteiger partial charge in [-0.25, -0.2) is 4.79 Å². The molecule has 3 atom stereocenters. The number of hydrogen-bond donors (Lipinski definition) is 1. The molecule has 1 amide bonds. The van der Waals surface area contributed by atoms with Gasteiger partial charge in [0.15, 0.2) is 5.78 Å². The van der Waals surface area contributed by atoms with Gasteiger partial charge in [0.25, 0.3) is 0 Å². The quantitative estimate of drug-likeness (QED) is 0.700. The molecule has 2 N–H and O–H groups in total. The fourth-order valence-corrected chi connectivity index (χ4v) is 5.11. The minimum absolute atomic E-state index is 0.0124. The molecule has 0 saturated carbocycles. The van der Waals surface area contributed by atoms with E-state index in [0.29, 0.717) is 35.8 Å². The van der Waals surface area contributed by atoms with Crippen molar-refractivity contribution in [2.24, 2.45) is 17.6 Å². The molecule has 0 radical (unpaired) electrons. The maximum Gasteiger partial charge on any atom is 0.410 e. The lowest BCUT2D eigenvalue weighted by atomic mass is 9.75. The van der Waals surface area contributed by atoms with E-state index in [1.165, 1.54) is 12.8 Å². The molecule has 2 heterocycles. The summed E-state index contributed by atoms with van der Waals surface area (Å²) in [6.07, 6.45) is 3.61. The predicted octanol–water partition coefficient (Wildman–Crippen LogP) is 3.38. The molecule has 0 aromatic carbocycles. The van der Waals surface area contributed by atoms with Crippen LogP contribution in [0.2, 0.25) is 0 Å². The van der Waals surface area contributed by atoms with Gasteiger partial charge in [-0.1, -0.05) is 13.8 Å².